The molecule has 2 saturated heterocycles. The van der Waals surface area contributed by atoms with E-state index in [1.165, 1.54) is 19.3 Å². The molecule has 0 radical (unpaired) electrons. The molecular weight excluding hydrogens is 256 g/mol. The van der Waals surface area contributed by atoms with Crippen LogP contribution in [0.4, 0.5) is 0 Å². The van der Waals surface area contributed by atoms with E-state index in [1.54, 1.807) is 0 Å². The molecule has 2 aliphatic rings. The molecule has 0 bridgehead atoms. The minimum Gasteiger partial charge on any atom is -0.365 e. The van der Waals surface area contributed by atoms with Crippen LogP contribution in [0.1, 0.15) is 62.9 Å². The number of aromatic nitrogens is 2. The van der Waals surface area contributed by atoms with E-state index in [9.17, 15) is 0 Å². The average Bonchev–Trinajstić information content (AvgIpc) is 3.08. The summed E-state index contributed by atoms with van der Waals surface area (Å²) in [5.74, 6) is 1.19. The van der Waals surface area contributed by atoms with Crippen molar-refractivity contribution in [2.24, 2.45) is 5.73 Å². The van der Waals surface area contributed by atoms with Crippen molar-refractivity contribution in [2.45, 2.75) is 57.3 Å². The molecule has 0 saturated carbocycles. The summed E-state index contributed by atoms with van der Waals surface area (Å²) in [6.07, 6.45) is 6.07. The molecule has 0 aliphatic carbocycles. The van der Waals surface area contributed by atoms with Gasteiger partial charge in [-0.2, -0.15) is 4.98 Å². The van der Waals surface area contributed by atoms with Crippen LogP contribution in [0.2, 0.25) is 0 Å². The summed E-state index contributed by atoms with van der Waals surface area (Å²) in [5, 5.41) is 4.03. The highest BCUT2D eigenvalue weighted by atomic mass is 16.5. The number of likely N-dealkylation sites (tertiary alicyclic amines) is 1. The zero-order valence-electron chi connectivity index (χ0n) is 12.1. The maximum atomic E-state index is 6.20. The zero-order valence-corrected chi connectivity index (χ0v) is 12.1. The molecule has 1 aromatic heterocycles. The van der Waals surface area contributed by atoms with Crippen LogP contribution in [-0.2, 0) is 4.74 Å². The molecule has 3 unspecified atom stereocenters. The summed E-state index contributed by atoms with van der Waals surface area (Å²) in [5.41, 5.74) is 6.20. The molecule has 20 heavy (non-hydrogen) atoms. The Hall–Kier alpha value is -0.980. The van der Waals surface area contributed by atoms with Crippen LogP contribution in [0.15, 0.2) is 4.52 Å². The van der Waals surface area contributed by atoms with Crippen molar-refractivity contribution in [3.8, 4) is 0 Å². The first-order chi connectivity index (χ1) is 9.72. The molecule has 3 rings (SSSR count). The van der Waals surface area contributed by atoms with Crippen molar-refractivity contribution in [1.82, 2.24) is 15.0 Å². The van der Waals surface area contributed by atoms with Crippen molar-refractivity contribution < 1.29 is 9.26 Å². The number of ether oxygens (including phenoxy) is 1. The zero-order chi connectivity index (χ0) is 13.9. The van der Waals surface area contributed by atoms with Crippen molar-refractivity contribution >= 4 is 0 Å². The smallest absolute Gasteiger partial charge is 0.255 e. The molecule has 6 nitrogen and oxygen atoms in total. The Balaban J connectivity index is 1.58. The predicted octanol–water partition coefficient (Wildman–Crippen LogP) is 1.80. The highest BCUT2D eigenvalue weighted by molar-refractivity contribution is 4.98. The lowest BCUT2D eigenvalue weighted by atomic mass is 10.1. The Morgan fingerprint density at radius 1 is 1.30 bits per heavy atom. The second-order valence-electron chi connectivity index (χ2n) is 5.97. The second-order valence-corrected chi connectivity index (χ2v) is 5.97. The maximum absolute atomic E-state index is 6.20. The highest BCUT2D eigenvalue weighted by Gasteiger charge is 2.29. The van der Waals surface area contributed by atoms with E-state index in [4.69, 9.17) is 15.0 Å². The van der Waals surface area contributed by atoms with Gasteiger partial charge in [0.05, 0.1) is 12.1 Å². The van der Waals surface area contributed by atoms with Crippen LogP contribution in [0.25, 0.3) is 0 Å². The monoisotopic (exact) mass is 280 g/mol. The first kappa shape index (κ1) is 14.0. The van der Waals surface area contributed by atoms with Crippen molar-refractivity contribution in [3.05, 3.63) is 11.7 Å². The molecule has 6 heteroatoms. The first-order valence-corrected chi connectivity index (χ1v) is 7.69. The topological polar surface area (TPSA) is 77.4 Å². The fourth-order valence-electron chi connectivity index (χ4n) is 3.01. The van der Waals surface area contributed by atoms with Gasteiger partial charge in [-0.15, -0.1) is 0 Å². The lowest BCUT2D eigenvalue weighted by Crippen LogP contribution is -2.36. The van der Waals surface area contributed by atoms with Gasteiger partial charge in [0.2, 0.25) is 0 Å². The van der Waals surface area contributed by atoms with Crippen LogP contribution in [-0.4, -0.2) is 40.8 Å². The minimum absolute atomic E-state index is 0.0477. The third kappa shape index (κ3) is 3.19. The molecule has 2 fully saturated rings. The van der Waals surface area contributed by atoms with Gasteiger partial charge in [-0.25, -0.2) is 0 Å². The number of hydrogen-bond acceptors (Lipinski definition) is 6. The molecule has 1 aromatic rings. The summed E-state index contributed by atoms with van der Waals surface area (Å²) >= 11 is 0. The molecule has 3 atom stereocenters. The largest absolute Gasteiger partial charge is 0.365 e. The van der Waals surface area contributed by atoms with Crippen molar-refractivity contribution in [3.63, 3.8) is 0 Å². The molecule has 112 valence electrons. The van der Waals surface area contributed by atoms with Gasteiger partial charge in [-0.3, -0.25) is 0 Å². The molecular formula is C14H24N4O2. The van der Waals surface area contributed by atoms with Gasteiger partial charge in [-0.05, 0) is 45.7 Å². The molecule has 0 aromatic carbocycles. The van der Waals surface area contributed by atoms with Gasteiger partial charge in [-0.1, -0.05) is 11.6 Å². The van der Waals surface area contributed by atoms with E-state index in [-0.39, 0.29) is 18.2 Å². The highest BCUT2D eigenvalue weighted by Crippen LogP contribution is 2.31. The van der Waals surface area contributed by atoms with Crippen molar-refractivity contribution in [1.29, 1.82) is 0 Å². The Morgan fingerprint density at radius 2 is 2.10 bits per heavy atom. The molecule has 0 spiro atoms. The SMILES string of the molecule is CC1CCC(c2nc(C(N)CN3CCCCC3)no2)O1. The van der Waals surface area contributed by atoms with Crippen LogP contribution in [0, 0.1) is 0 Å². The van der Waals surface area contributed by atoms with E-state index in [1.807, 2.05) is 0 Å². The summed E-state index contributed by atoms with van der Waals surface area (Å²) in [6.45, 7) is 5.13. The van der Waals surface area contributed by atoms with E-state index < -0.39 is 0 Å². The molecule has 3 heterocycles. The Bertz CT molecular complexity index is 431. The third-order valence-electron chi connectivity index (χ3n) is 4.20. The lowest BCUT2D eigenvalue weighted by Gasteiger charge is -2.27. The quantitative estimate of drug-likeness (QED) is 0.906. The van der Waals surface area contributed by atoms with E-state index in [0.29, 0.717) is 11.7 Å². The fraction of sp³-hybridized carbons (Fsp3) is 0.857. The van der Waals surface area contributed by atoms with Crippen LogP contribution in [0.5, 0.6) is 0 Å². The van der Waals surface area contributed by atoms with E-state index >= 15 is 0 Å². The van der Waals surface area contributed by atoms with Crippen LogP contribution in [0.3, 0.4) is 0 Å². The lowest BCUT2D eigenvalue weighted by molar-refractivity contribution is 0.0355. The number of piperidine rings is 1. The van der Waals surface area contributed by atoms with Gasteiger partial charge in [0.25, 0.3) is 5.89 Å². The van der Waals surface area contributed by atoms with Crippen molar-refractivity contribution in [2.75, 3.05) is 19.6 Å². The summed E-state index contributed by atoms with van der Waals surface area (Å²) in [7, 11) is 0. The number of nitrogens with two attached hydrogens (primary N) is 1. The van der Waals surface area contributed by atoms with E-state index in [0.717, 1.165) is 32.5 Å². The third-order valence-corrected chi connectivity index (χ3v) is 4.20. The molecule has 2 aliphatic heterocycles. The average molecular weight is 280 g/mol. The Kier molecular flexibility index (Phi) is 4.33. The van der Waals surface area contributed by atoms with E-state index in [2.05, 4.69) is 22.0 Å². The number of rotatable bonds is 4. The van der Waals surface area contributed by atoms with Crippen LogP contribution >= 0.6 is 0 Å². The molecule has 2 N–H and O–H groups in total. The summed E-state index contributed by atoms with van der Waals surface area (Å²) < 4.78 is 11.1. The van der Waals surface area contributed by atoms with Gasteiger partial charge < -0.3 is 19.9 Å². The summed E-state index contributed by atoms with van der Waals surface area (Å²) in [6, 6.07) is -0.176. The Morgan fingerprint density at radius 3 is 2.80 bits per heavy atom. The second kappa shape index (κ2) is 6.20. The number of hydrogen-bond donors (Lipinski definition) is 1. The number of nitrogens with zero attached hydrogens (tertiary/aromatic N) is 3. The fourth-order valence-corrected chi connectivity index (χ4v) is 3.01. The summed E-state index contributed by atoms with van der Waals surface area (Å²) in [4.78, 5) is 6.82. The molecule has 0 amide bonds. The standard InChI is InChI=1S/C14H24N4O2/c1-10-5-6-12(19-10)14-16-13(17-20-14)11(15)9-18-7-3-2-4-8-18/h10-12H,2-9,15H2,1H3. The minimum atomic E-state index is -0.176. The van der Waals surface area contributed by atoms with Gasteiger partial charge in [0.15, 0.2) is 5.82 Å². The van der Waals surface area contributed by atoms with Gasteiger partial charge in [0, 0.05) is 6.54 Å². The predicted molar refractivity (Wildman–Crippen MR) is 74.0 cm³/mol. The normalized spacial score (nSPS) is 29.7. The Labute approximate surface area is 119 Å². The van der Waals surface area contributed by atoms with Gasteiger partial charge >= 0.3 is 0 Å². The van der Waals surface area contributed by atoms with Gasteiger partial charge in [0.1, 0.15) is 6.10 Å². The maximum Gasteiger partial charge on any atom is 0.255 e. The first-order valence-electron chi connectivity index (χ1n) is 7.69. The van der Waals surface area contributed by atoms with Crippen LogP contribution < -0.4 is 5.73 Å².